The number of phenols is 1. The molecule has 1 aliphatic rings. The zero-order valence-corrected chi connectivity index (χ0v) is 22.9. The lowest BCUT2D eigenvalue weighted by Crippen LogP contribution is -2.57. The van der Waals surface area contributed by atoms with Crippen LogP contribution in [0.5, 0.6) is 5.75 Å². The summed E-state index contributed by atoms with van der Waals surface area (Å²) in [7, 11) is 0. The van der Waals surface area contributed by atoms with Crippen LogP contribution in [0.2, 0.25) is 0 Å². The third-order valence-electron chi connectivity index (χ3n) is 7.51. The zero-order valence-electron chi connectivity index (χ0n) is 22.9. The second kappa shape index (κ2) is 11.7. The van der Waals surface area contributed by atoms with Gasteiger partial charge in [-0.15, -0.1) is 0 Å². The first-order chi connectivity index (χ1) is 18.2. The van der Waals surface area contributed by atoms with Crippen molar-refractivity contribution in [2.45, 2.75) is 71.6 Å². The van der Waals surface area contributed by atoms with Crippen molar-refractivity contribution in [1.82, 2.24) is 15.5 Å². The van der Waals surface area contributed by atoms with Crippen molar-refractivity contribution >= 4 is 17.7 Å². The van der Waals surface area contributed by atoms with Gasteiger partial charge in [-0.25, -0.2) is 8.78 Å². The predicted octanol–water partition coefficient (Wildman–Crippen LogP) is 3.11. The van der Waals surface area contributed by atoms with E-state index in [1.807, 2.05) is 6.92 Å². The molecule has 2 aromatic rings. The van der Waals surface area contributed by atoms with Crippen LogP contribution >= 0.6 is 0 Å². The maximum Gasteiger partial charge on any atom is 0.272 e. The first-order valence-corrected chi connectivity index (χ1v) is 13.0. The quantitative estimate of drug-likeness (QED) is 0.386. The molecule has 8 nitrogen and oxygen atoms in total. The van der Waals surface area contributed by atoms with Crippen molar-refractivity contribution in [2.75, 3.05) is 13.1 Å². The standard InChI is InChI=1S/C29H37F2N3O5/c1-6-14-32-26(38)24-28(4,5)29(30,31)16-34(24)27(39)23(36)20(15-19-10-8-7-9-11-19)33-25(37)22-17(2)12-13-21(35)18(22)3/h7-13,20,23-24,35-36H,6,14-16H2,1-5H3,(H,32,38)(H,33,37)/t20-,23-,24-/m0/s1. The summed E-state index contributed by atoms with van der Waals surface area (Å²) in [6.45, 7) is 6.71. The number of aryl methyl sites for hydroxylation is 1. The van der Waals surface area contributed by atoms with Crippen LogP contribution in [-0.2, 0) is 16.0 Å². The van der Waals surface area contributed by atoms with E-state index in [1.165, 1.54) is 19.9 Å². The van der Waals surface area contributed by atoms with Crippen molar-refractivity contribution in [1.29, 1.82) is 0 Å². The molecular formula is C29H37F2N3O5. The van der Waals surface area contributed by atoms with Gasteiger partial charge in [-0.2, -0.15) is 0 Å². The van der Waals surface area contributed by atoms with Crippen LogP contribution in [0.3, 0.4) is 0 Å². The van der Waals surface area contributed by atoms with E-state index in [0.717, 1.165) is 4.90 Å². The Balaban J connectivity index is 1.97. The van der Waals surface area contributed by atoms with Gasteiger partial charge in [0.15, 0.2) is 6.10 Å². The lowest BCUT2D eigenvalue weighted by molar-refractivity contribution is -0.148. The summed E-state index contributed by atoms with van der Waals surface area (Å²) in [5, 5.41) is 26.7. The van der Waals surface area contributed by atoms with Gasteiger partial charge in [0.25, 0.3) is 17.7 Å². The number of nitrogens with zero attached hydrogens (tertiary/aromatic N) is 1. The number of aliphatic hydroxyl groups is 1. The largest absolute Gasteiger partial charge is 0.508 e. The molecule has 3 rings (SSSR count). The number of amides is 3. The number of hydrogen-bond acceptors (Lipinski definition) is 5. The van der Waals surface area contributed by atoms with Crippen LogP contribution in [-0.4, -0.2) is 70.0 Å². The number of aromatic hydroxyl groups is 1. The molecule has 3 amide bonds. The number of carbonyl (C=O) groups excluding carboxylic acids is 3. The molecule has 212 valence electrons. The van der Waals surface area contributed by atoms with Crippen molar-refractivity contribution in [3.8, 4) is 5.75 Å². The number of hydrogen-bond donors (Lipinski definition) is 4. The van der Waals surface area contributed by atoms with E-state index in [4.69, 9.17) is 0 Å². The molecule has 2 aromatic carbocycles. The van der Waals surface area contributed by atoms with Gasteiger partial charge in [-0.1, -0.05) is 57.2 Å². The summed E-state index contributed by atoms with van der Waals surface area (Å²) in [5.41, 5.74) is -0.147. The molecule has 0 unspecified atom stereocenters. The zero-order chi connectivity index (χ0) is 29.1. The molecule has 1 saturated heterocycles. The number of rotatable bonds is 9. The number of likely N-dealkylation sites (tertiary alicyclic amines) is 1. The van der Waals surface area contributed by atoms with Gasteiger partial charge < -0.3 is 25.7 Å². The average Bonchev–Trinajstić information content (AvgIpc) is 3.08. The molecule has 39 heavy (non-hydrogen) atoms. The topological polar surface area (TPSA) is 119 Å². The second-order valence-corrected chi connectivity index (χ2v) is 10.7. The van der Waals surface area contributed by atoms with Gasteiger partial charge in [0, 0.05) is 17.7 Å². The van der Waals surface area contributed by atoms with E-state index >= 15 is 8.78 Å². The maximum absolute atomic E-state index is 15.1. The molecule has 1 aliphatic heterocycles. The van der Waals surface area contributed by atoms with Crippen LogP contribution < -0.4 is 10.6 Å². The molecule has 10 heteroatoms. The van der Waals surface area contributed by atoms with E-state index in [0.29, 0.717) is 23.1 Å². The van der Waals surface area contributed by atoms with Crippen LogP contribution in [0.1, 0.15) is 54.2 Å². The molecule has 0 aliphatic carbocycles. The lowest BCUT2D eigenvalue weighted by atomic mass is 9.81. The fourth-order valence-corrected chi connectivity index (χ4v) is 5.00. The minimum atomic E-state index is -3.40. The fraction of sp³-hybridized carbons (Fsp3) is 0.483. The Morgan fingerprint density at radius 1 is 1.10 bits per heavy atom. The summed E-state index contributed by atoms with van der Waals surface area (Å²) in [6.07, 6.45) is -1.35. The van der Waals surface area contributed by atoms with Crippen LogP contribution in [0.15, 0.2) is 42.5 Å². The molecule has 0 radical (unpaired) electrons. The number of benzene rings is 2. The van der Waals surface area contributed by atoms with Crippen LogP contribution in [0.4, 0.5) is 8.78 Å². The molecule has 0 aromatic heterocycles. The van der Waals surface area contributed by atoms with Crippen LogP contribution in [0.25, 0.3) is 0 Å². The maximum atomic E-state index is 15.1. The Kier molecular flexibility index (Phi) is 9.00. The highest BCUT2D eigenvalue weighted by Crippen LogP contribution is 2.48. The molecule has 0 bridgehead atoms. The SMILES string of the molecule is CCCNC(=O)[C@@H]1N(C(=O)[C@@H](O)[C@H](Cc2ccccc2)NC(=O)c2c(C)ccc(O)c2C)CC(F)(F)C1(C)C. The third kappa shape index (κ3) is 6.06. The van der Waals surface area contributed by atoms with Crippen LogP contribution in [0, 0.1) is 19.3 Å². The Labute approximate surface area is 227 Å². The Morgan fingerprint density at radius 2 is 1.74 bits per heavy atom. The highest BCUT2D eigenvalue weighted by molar-refractivity contribution is 5.98. The number of alkyl halides is 2. The molecule has 3 atom stereocenters. The first kappa shape index (κ1) is 30.0. The van der Waals surface area contributed by atoms with Crippen molar-refractivity contribution < 1.29 is 33.4 Å². The van der Waals surface area contributed by atoms with Gasteiger partial charge in [-0.05, 0) is 43.9 Å². The van der Waals surface area contributed by atoms with E-state index < -0.39 is 53.8 Å². The average molecular weight is 546 g/mol. The number of phenolic OH excluding ortho intramolecular Hbond substituents is 1. The van der Waals surface area contributed by atoms with E-state index in [2.05, 4.69) is 10.6 Å². The minimum absolute atomic E-state index is 0.0106. The van der Waals surface area contributed by atoms with E-state index in [-0.39, 0.29) is 24.3 Å². The summed E-state index contributed by atoms with van der Waals surface area (Å²) in [4.78, 5) is 40.6. The number of carbonyl (C=O) groups is 3. The molecular weight excluding hydrogens is 508 g/mol. The van der Waals surface area contributed by atoms with E-state index in [9.17, 15) is 24.6 Å². The smallest absolute Gasteiger partial charge is 0.272 e. The normalized spacial score (nSPS) is 19.3. The van der Waals surface area contributed by atoms with Gasteiger partial charge in [-0.3, -0.25) is 14.4 Å². The molecule has 0 spiro atoms. The highest BCUT2D eigenvalue weighted by atomic mass is 19.3. The molecule has 1 heterocycles. The van der Waals surface area contributed by atoms with Crippen molar-refractivity contribution in [2.24, 2.45) is 5.41 Å². The summed E-state index contributed by atoms with van der Waals surface area (Å²) >= 11 is 0. The number of halogens is 2. The van der Waals surface area contributed by atoms with Gasteiger partial charge in [0.05, 0.1) is 18.0 Å². The summed E-state index contributed by atoms with van der Waals surface area (Å²) < 4.78 is 30.2. The Bertz CT molecular complexity index is 1220. The van der Waals surface area contributed by atoms with Gasteiger partial charge >= 0.3 is 0 Å². The predicted molar refractivity (Wildman–Crippen MR) is 143 cm³/mol. The summed E-state index contributed by atoms with van der Waals surface area (Å²) in [5.74, 6) is -5.94. The third-order valence-corrected chi connectivity index (χ3v) is 7.51. The molecule has 4 N–H and O–H groups in total. The minimum Gasteiger partial charge on any atom is -0.508 e. The fourth-order valence-electron chi connectivity index (χ4n) is 5.00. The van der Waals surface area contributed by atoms with Crippen molar-refractivity contribution in [3.63, 3.8) is 0 Å². The molecule has 0 saturated carbocycles. The first-order valence-electron chi connectivity index (χ1n) is 13.0. The monoisotopic (exact) mass is 545 g/mol. The van der Waals surface area contributed by atoms with E-state index in [1.54, 1.807) is 50.2 Å². The Hall–Kier alpha value is -3.53. The molecule has 1 fully saturated rings. The van der Waals surface area contributed by atoms with Gasteiger partial charge in [0.1, 0.15) is 11.8 Å². The Morgan fingerprint density at radius 3 is 2.36 bits per heavy atom. The lowest BCUT2D eigenvalue weighted by Gasteiger charge is -2.34. The van der Waals surface area contributed by atoms with Crippen molar-refractivity contribution in [3.05, 3.63) is 64.7 Å². The number of aliphatic hydroxyl groups excluding tert-OH is 1. The van der Waals surface area contributed by atoms with Gasteiger partial charge in [0.2, 0.25) is 5.91 Å². The summed E-state index contributed by atoms with van der Waals surface area (Å²) in [6, 6.07) is 9.07. The second-order valence-electron chi connectivity index (χ2n) is 10.7. The number of nitrogens with one attached hydrogen (secondary N) is 2. The highest BCUT2D eigenvalue weighted by Gasteiger charge is 2.64.